The highest BCUT2D eigenvalue weighted by molar-refractivity contribution is 7.80. The topological polar surface area (TPSA) is 35.2 Å². The van der Waals surface area contributed by atoms with Gasteiger partial charge < -0.3 is 10.5 Å². The number of para-hydroxylation sites is 1. The molecule has 2 nitrogen and oxygen atoms in total. The van der Waals surface area contributed by atoms with E-state index in [1.165, 1.54) is 0 Å². The Labute approximate surface area is 120 Å². The van der Waals surface area contributed by atoms with Gasteiger partial charge in [-0.05, 0) is 30.3 Å². The van der Waals surface area contributed by atoms with Gasteiger partial charge in [0.1, 0.15) is 16.5 Å². The normalized spacial score (nSPS) is 10.1. The van der Waals surface area contributed by atoms with Crippen molar-refractivity contribution in [2.75, 3.05) is 0 Å². The van der Waals surface area contributed by atoms with Crippen molar-refractivity contribution in [1.82, 2.24) is 0 Å². The smallest absolute Gasteiger partial charge is 0.146 e. The van der Waals surface area contributed by atoms with Crippen LogP contribution < -0.4 is 10.5 Å². The SMILES string of the molecule is NC(=S)c1ccc(Oc2ccccc2Cl)c(Cl)c1. The van der Waals surface area contributed by atoms with E-state index in [0.29, 0.717) is 32.1 Å². The number of hydrogen-bond acceptors (Lipinski definition) is 2. The Bertz CT molecular complexity index is 601. The first-order valence-corrected chi connectivity index (χ1v) is 6.26. The molecule has 0 fully saturated rings. The number of thiocarbonyl (C=S) groups is 1. The van der Waals surface area contributed by atoms with Gasteiger partial charge in [-0.2, -0.15) is 0 Å². The predicted octanol–water partition coefficient (Wildman–Crippen LogP) is 4.42. The molecule has 2 N–H and O–H groups in total. The van der Waals surface area contributed by atoms with Crippen LogP contribution >= 0.6 is 35.4 Å². The van der Waals surface area contributed by atoms with Crippen LogP contribution in [-0.2, 0) is 0 Å². The van der Waals surface area contributed by atoms with Crippen LogP contribution in [0.2, 0.25) is 10.0 Å². The van der Waals surface area contributed by atoms with Gasteiger partial charge in [0.25, 0.3) is 0 Å². The van der Waals surface area contributed by atoms with Gasteiger partial charge in [0, 0.05) is 5.56 Å². The molecule has 0 bridgehead atoms. The fourth-order valence-corrected chi connectivity index (χ4v) is 1.90. The van der Waals surface area contributed by atoms with E-state index in [4.69, 9.17) is 45.9 Å². The summed E-state index contributed by atoms with van der Waals surface area (Å²) in [4.78, 5) is 0.293. The summed E-state index contributed by atoms with van der Waals surface area (Å²) in [6, 6.07) is 12.3. The molecule has 18 heavy (non-hydrogen) atoms. The molecule has 0 saturated heterocycles. The Balaban J connectivity index is 2.30. The summed E-state index contributed by atoms with van der Waals surface area (Å²) in [5.41, 5.74) is 6.22. The van der Waals surface area contributed by atoms with E-state index >= 15 is 0 Å². The van der Waals surface area contributed by atoms with E-state index in [0.717, 1.165) is 0 Å². The summed E-state index contributed by atoms with van der Waals surface area (Å²) in [7, 11) is 0. The summed E-state index contributed by atoms with van der Waals surface area (Å²) in [5.74, 6) is 1.05. The number of nitrogens with two attached hydrogens (primary N) is 1. The monoisotopic (exact) mass is 297 g/mol. The van der Waals surface area contributed by atoms with E-state index in [1.54, 1.807) is 30.3 Å². The maximum absolute atomic E-state index is 6.09. The van der Waals surface area contributed by atoms with Crippen molar-refractivity contribution in [1.29, 1.82) is 0 Å². The first-order chi connectivity index (χ1) is 8.58. The molecule has 0 unspecified atom stereocenters. The van der Waals surface area contributed by atoms with Crippen molar-refractivity contribution in [3.63, 3.8) is 0 Å². The minimum absolute atomic E-state index is 0.293. The first-order valence-electron chi connectivity index (χ1n) is 5.09. The molecule has 2 aromatic rings. The lowest BCUT2D eigenvalue weighted by Gasteiger charge is -2.09. The highest BCUT2D eigenvalue weighted by Gasteiger charge is 2.07. The Morgan fingerprint density at radius 2 is 1.67 bits per heavy atom. The minimum atomic E-state index is 0.293. The van der Waals surface area contributed by atoms with Crippen LogP contribution in [0.15, 0.2) is 42.5 Å². The van der Waals surface area contributed by atoms with Gasteiger partial charge in [-0.25, -0.2) is 0 Å². The van der Waals surface area contributed by atoms with Crippen molar-refractivity contribution < 1.29 is 4.74 Å². The van der Waals surface area contributed by atoms with E-state index in [-0.39, 0.29) is 0 Å². The fraction of sp³-hybridized carbons (Fsp3) is 0. The number of hydrogen-bond donors (Lipinski definition) is 1. The Morgan fingerprint density at radius 1 is 1.00 bits per heavy atom. The molecule has 2 rings (SSSR count). The van der Waals surface area contributed by atoms with Crippen molar-refractivity contribution >= 4 is 40.4 Å². The fourth-order valence-electron chi connectivity index (χ4n) is 1.38. The van der Waals surface area contributed by atoms with Crippen molar-refractivity contribution in [3.8, 4) is 11.5 Å². The molecule has 2 aromatic carbocycles. The van der Waals surface area contributed by atoms with Gasteiger partial charge in [0.05, 0.1) is 10.0 Å². The Morgan fingerprint density at radius 3 is 2.28 bits per heavy atom. The Kier molecular flexibility index (Phi) is 4.07. The van der Waals surface area contributed by atoms with E-state index in [1.807, 2.05) is 12.1 Å². The number of halogens is 2. The zero-order chi connectivity index (χ0) is 13.1. The molecule has 0 aliphatic heterocycles. The van der Waals surface area contributed by atoms with Crippen LogP contribution in [0, 0.1) is 0 Å². The summed E-state index contributed by atoms with van der Waals surface area (Å²) in [6.07, 6.45) is 0. The second-order valence-electron chi connectivity index (χ2n) is 3.54. The third-order valence-electron chi connectivity index (χ3n) is 2.27. The summed E-state index contributed by atoms with van der Waals surface area (Å²) >= 11 is 17.0. The van der Waals surface area contributed by atoms with E-state index in [9.17, 15) is 0 Å². The standard InChI is InChI=1S/C13H9Cl2NOS/c14-9-3-1-2-4-11(9)17-12-6-5-8(13(16)18)7-10(12)15/h1-7H,(H2,16,18). The second-order valence-corrected chi connectivity index (χ2v) is 4.80. The summed E-state index contributed by atoms with van der Waals surface area (Å²) in [5, 5.41) is 0.951. The van der Waals surface area contributed by atoms with Gasteiger partial charge in [0.2, 0.25) is 0 Å². The van der Waals surface area contributed by atoms with Gasteiger partial charge in [-0.3, -0.25) is 0 Å². The molecular weight excluding hydrogens is 289 g/mol. The van der Waals surface area contributed by atoms with Gasteiger partial charge in [-0.15, -0.1) is 0 Å². The molecule has 0 radical (unpaired) electrons. The minimum Gasteiger partial charge on any atom is -0.454 e. The predicted molar refractivity (Wildman–Crippen MR) is 78.9 cm³/mol. The maximum atomic E-state index is 6.09. The van der Waals surface area contributed by atoms with Crippen LogP contribution in [0.25, 0.3) is 0 Å². The van der Waals surface area contributed by atoms with Crippen LogP contribution in [0.1, 0.15) is 5.56 Å². The molecule has 0 saturated carbocycles. The lowest BCUT2D eigenvalue weighted by molar-refractivity contribution is 0.483. The van der Waals surface area contributed by atoms with Crippen LogP contribution in [0.4, 0.5) is 0 Å². The molecule has 5 heteroatoms. The van der Waals surface area contributed by atoms with Crippen molar-refractivity contribution in [2.24, 2.45) is 5.73 Å². The van der Waals surface area contributed by atoms with E-state index < -0.39 is 0 Å². The molecule has 0 atom stereocenters. The quantitative estimate of drug-likeness (QED) is 0.852. The van der Waals surface area contributed by atoms with E-state index in [2.05, 4.69) is 0 Å². The molecule has 92 valence electrons. The molecule has 0 aliphatic carbocycles. The molecule has 0 heterocycles. The average Bonchev–Trinajstić information content (AvgIpc) is 2.34. The summed E-state index contributed by atoms with van der Waals surface area (Å²) in [6.45, 7) is 0. The molecule has 0 aliphatic rings. The second kappa shape index (κ2) is 5.57. The highest BCUT2D eigenvalue weighted by Crippen LogP contribution is 2.33. The molecule has 0 amide bonds. The maximum Gasteiger partial charge on any atom is 0.146 e. The zero-order valence-electron chi connectivity index (χ0n) is 9.19. The van der Waals surface area contributed by atoms with Crippen LogP contribution in [0.3, 0.4) is 0 Å². The van der Waals surface area contributed by atoms with Crippen molar-refractivity contribution in [3.05, 3.63) is 58.1 Å². The summed E-state index contributed by atoms with van der Waals surface area (Å²) < 4.78 is 5.63. The third kappa shape index (κ3) is 2.93. The Hall–Kier alpha value is -1.29. The van der Waals surface area contributed by atoms with Gasteiger partial charge >= 0.3 is 0 Å². The van der Waals surface area contributed by atoms with Crippen molar-refractivity contribution in [2.45, 2.75) is 0 Å². The van der Waals surface area contributed by atoms with Crippen LogP contribution in [0.5, 0.6) is 11.5 Å². The highest BCUT2D eigenvalue weighted by atomic mass is 35.5. The lowest BCUT2D eigenvalue weighted by Crippen LogP contribution is -2.08. The largest absolute Gasteiger partial charge is 0.454 e. The molecule has 0 spiro atoms. The van der Waals surface area contributed by atoms with Crippen LogP contribution in [-0.4, -0.2) is 4.99 Å². The molecule has 0 aromatic heterocycles. The molecular formula is C13H9Cl2NOS. The number of benzene rings is 2. The van der Waals surface area contributed by atoms with Gasteiger partial charge in [-0.1, -0.05) is 47.6 Å². The number of ether oxygens (including phenoxy) is 1. The first kappa shape index (κ1) is 13.1. The number of rotatable bonds is 3. The van der Waals surface area contributed by atoms with Gasteiger partial charge in [0.15, 0.2) is 0 Å². The zero-order valence-corrected chi connectivity index (χ0v) is 11.5. The third-order valence-corrected chi connectivity index (χ3v) is 3.12. The average molecular weight is 298 g/mol. The lowest BCUT2D eigenvalue weighted by atomic mass is 10.2.